The quantitative estimate of drug-likeness (QED) is 0.655. The van der Waals surface area contributed by atoms with E-state index in [9.17, 15) is 15.0 Å². The number of carbonyl (C=O) groups is 1. The molecule has 0 radical (unpaired) electrons. The summed E-state index contributed by atoms with van der Waals surface area (Å²) < 4.78 is 0. The highest BCUT2D eigenvalue weighted by Gasteiger charge is 2.18. The zero-order chi connectivity index (χ0) is 15.4. The lowest BCUT2D eigenvalue weighted by Crippen LogP contribution is -1.99. The first-order valence-electron chi connectivity index (χ1n) is 6.83. The Kier molecular flexibility index (Phi) is 4.43. The molecule has 0 saturated heterocycles. The van der Waals surface area contributed by atoms with Crippen LogP contribution in [0.4, 0.5) is 0 Å². The van der Waals surface area contributed by atoms with Crippen molar-refractivity contribution in [3.05, 3.63) is 65.2 Å². The molecule has 3 nitrogen and oxygen atoms in total. The van der Waals surface area contributed by atoms with Crippen molar-refractivity contribution in [3.8, 4) is 11.5 Å². The van der Waals surface area contributed by atoms with Gasteiger partial charge in [0.15, 0.2) is 5.78 Å². The molecule has 0 bridgehead atoms. The molecule has 0 aliphatic carbocycles. The summed E-state index contributed by atoms with van der Waals surface area (Å²) in [5.41, 5.74) is 1.51. The van der Waals surface area contributed by atoms with Crippen LogP contribution in [0.25, 0.3) is 6.08 Å². The van der Waals surface area contributed by atoms with Gasteiger partial charge in [-0.1, -0.05) is 50.3 Å². The maximum atomic E-state index is 12.2. The van der Waals surface area contributed by atoms with E-state index in [2.05, 4.69) is 0 Å². The second kappa shape index (κ2) is 6.27. The van der Waals surface area contributed by atoms with Gasteiger partial charge >= 0.3 is 0 Å². The van der Waals surface area contributed by atoms with Crippen molar-refractivity contribution in [1.29, 1.82) is 0 Å². The number of phenols is 2. The summed E-state index contributed by atoms with van der Waals surface area (Å²) in [5.74, 6) is -0.507. The van der Waals surface area contributed by atoms with Gasteiger partial charge in [0.2, 0.25) is 0 Å². The van der Waals surface area contributed by atoms with E-state index in [1.807, 2.05) is 44.2 Å². The lowest BCUT2D eigenvalue weighted by molar-refractivity contribution is 0.104. The van der Waals surface area contributed by atoms with Crippen LogP contribution >= 0.6 is 0 Å². The minimum absolute atomic E-state index is 0.00564. The summed E-state index contributed by atoms with van der Waals surface area (Å²) in [7, 11) is 0. The molecule has 2 aromatic rings. The van der Waals surface area contributed by atoms with Crippen LogP contribution in [0.1, 0.15) is 41.3 Å². The topological polar surface area (TPSA) is 57.5 Å². The normalized spacial score (nSPS) is 11.2. The summed E-state index contributed by atoms with van der Waals surface area (Å²) in [6.07, 6.45) is 3.12. The Labute approximate surface area is 124 Å². The molecule has 108 valence electrons. The van der Waals surface area contributed by atoms with E-state index in [0.29, 0.717) is 5.56 Å². The van der Waals surface area contributed by atoms with Gasteiger partial charge in [-0.25, -0.2) is 0 Å². The number of hydrogen-bond donors (Lipinski definition) is 2. The van der Waals surface area contributed by atoms with Crippen molar-refractivity contribution in [3.63, 3.8) is 0 Å². The van der Waals surface area contributed by atoms with E-state index in [1.54, 1.807) is 6.08 Å². The van der Waals surface area contributed by atoms with Crippen LogP contribution in [0, 0.1) is 0 Å². The summed E-state index contributed by atoms with van der Waals surface area (Å²) in [5, 5.41) is 20.0. The van der Waals surface area contributed by atoms with Gasteiger partial charge in [0, 0.05) is 5.56 Å². The van der Waals surface area contributed by atoms with Crippen molar-refractivity contribution < 1.29 is 15.0 Å². The van der Waals surface area contributed by atoms with Gasteiger partial charge in [0.05, 0.1) is 5.56 Å². The first-order valence-corrected chi connectivity index (χ1v) is 6.83. The van der Waals surface area contributed by atoms with Crippen molar-refractivity contribution in [2.24, 2.45) is 0 Å². The fourth-order valence-corrected chi connectivity index (χ4v) is 2.19. The molecule has 2 N–H and O–H groups in total. The number of benzene rings is 2. The Bertz CT molecular complexity index is 670. The van der Waals surface area contributed by atoms with Crippen molar-refractivity contribution in [1.82, 2.24) is 0 Å². The molecule has 0 heterocycles. The van der Waals surface area contributed by atoms with Crippen molar-refractivity contribution in [2.45, 2.75) is 19.8 Å². The number of phenolic OH excluding ortho intramolecular Hbond substituents is 2. The fraction of sp³-hybridized carbons (Fsp3) is 0.167. The first kappa shape index (κ1) is 14.9. The third-order valence-electron chi connectivity index (χ3n) is 3.26. The monoisotopic (exact) mass is 282 g/mol. The summed E-state index contributed by atoms with van der Waals surface area (Å²) in [6, 6.07) is 12.3. The molecule has 0 unspecified atom stereocenters. The molecule has 0 fully saturated rings. The summed E-state index contributed by atoms with van der Waals surface area (Å²) in [4.78, 5) is 12.2. The Hall–Kier alpha value is -2.55. The highest BCUT2D eigenvalue weighted by molar-refractivity contribution is 6.09. The van der Waals surface area contributed by atoms with Gasteiger partial charge in [-0.05, 0) is 29.7 Å². The van der Waals surface area contributed by atoms with Crippen molar-refractivity contribution in [2.75, 3.05) is 0 Å². The second-order valence-electron chi connectivity index (χ2n) is 5.16. The van der Waals surface area contributed by atoms with Gasteiger partial charge < -0.3 is 10.2 Å². The highest BCUT2D eigenvalue weighted by atomic mass is 16.3. The zero-order valence-electron chi connectivity index (χ0n) is 12.1. The molecule has 0 aliphatic heterocycles. The van der Waals surface area contributed by atoms with Crippen LogP contribution in [0.3, 0.4) is 0 Å². The van der Waals surface area contributed by atoms with Gasteiger partial charge in [0.1, 0.15) is 11.5 Å². The van der Waals surface area contributed by atoms with Gasteiger partial charge in [-0.15, -0.1) is 0 Å². The number of hydrogen-bond acceptors (Lipinski definition) is 3. The third kappa shape index (κ3) is 3.31. The summed E-state index contributed by atoms with van der Waals surface area (Å²) >= 11 is 0. The minimum Gasteiger partial charge on any atom is -0.508 e. The Balaban J connectivity index is 2.32. The van der Waals surface area contributed by atoms with E-state index in [1.165, 1.54) is 18.2 Å². The maximum Gasteiger partial charge on any atom is 0.189 e. The smallest absolute Gasteiger partial charge is 0.189 e. The Morgan fingerprint density at radius 3 is 2.33 bits per heavy atom. The molecule has 3 heteroatoms. The van der Waals surface area contributed by atoms with Gasteiger partial charge in [-0.3, -0.25) is 4.79 Å². The molecule has 0 aromatic heterocycles. The standard InChI is InChI=1S/C18H18O3/c1-12(2)17-16(20)11-9-14(18(17)21)15(19)10-8-13-6-4-3-5-7-13/h3-12,20-21H,1-2H3. The molecule has 0 spiro atoms. The van der Waals surface area contributed by atoms with E-state index >= 15 is 0 Å². The number of aromatic hydroxyl groups is 2. The number of ketones is 1. The van der Waals surface area contributed by atoms with Crippen LogP contribution in [-0.2, 0) is 0 Å². The average molecular weight is 282 g/mol. The largest absolute Gasteiger partial charge is 0.508 e. The fourth-order valence-electron chi connectivity index (χ4n) is 2.19. The minimum atomic E-state index is -0.293. The van der Waals surface area contributed by atoms with Gasteiger partial charge in [0.25, 0.3) is 0 Å². The van der Waals surface area contributed by atoms with E-state index in [-0.39, 0.29) is 28.8 Å². The Morgan fingerprint density at radius 2 is 1.71 bits per heavy atom. The van der Waals surface area contributed by atoms with Crippen LogP contribution in [0.15, 0.2) is 48.5 Å². The number of allylic oxidation sites excluding steroid dienone is 1. The van der Waals surface area contributed by atoms with Crippen LogP contribution in [-0.4, -0.2) is 16.0 Å². The van der Waals surface area contributed by atoms with E-state index in [4.69, 9.17) is 0 Å². The van der Waals surface area contributed by atoms with Crippen LogP contribution in [0.2, 0.25) is 0 Å². The molecule has 2 rings (SSSR count). The van der Waals surface area contributed by atoms with Gasteiger partial charge in [-0.2, -0.15) is 0 Å². The summed E-state index contributed by atoms with van der Waals surface area (Å²) in [6.45, 7) is 3.70. The lowest BCUT2D eigenvalue weighted by Gasteiger charge is -2.12. The van der Waals surface area contributed by atoms with Crippen LogP contribution < -0.4 is 0 Å². The van der Waals surface area contributed by atoms with E-state index < -0.39 is 0 Å². The Morgan fingerprint density at radius 1 is 1.05 bits per heavy atom. The second-order valence-corrected chi connectivity index (χ2v) is 5.16. The van der Waals surface area contributed by atoms with E-state index in [0.717, 1.165) is 5.56 Å². The average Bonchev–Trinajstić information content (AvgIpc) is 2.45. The predicted octanol–water partition coefficient (Wildman–Crippen LogP) is 4.12. The molecule has 0 saturated carbocycles. The highest BCUT2D eigenvalue weighted by Crippen LogP contribution is 2.36. The molecule has 2 aromatic carbocycles. The van der Waals surface area contributed by atoms with Crippen LogP contribution in [0.5, 0.6) is 11.5 Å². The number of carbonyl (C=O) groups excluding carboxylic acids is 1. The molecule has 0 atom stereocenters. The molecular formula is C18H18O3. The molecule has 0 aliphatic rings. The number of rotatable bonds is 4. The lowest BCUT2D eigenvalue weighted by atomic mass is 9.96. The zero-order valence-corrected chi connectivity index (χ0v) is 12.1. The first-order chi connectivity index (χ1) is 10.0. The SMILES string of the molecule is CC(C)c1c(O)ccc(C(=O)C=Cc2ccccc2)c1O. The molecule has 21 heavy (non-hydrogen) atoms. The molecular weight excluding hydrogens is 264 g/mol. The van der Waals surface area contributed by atoms with Crippen molar-refractivity contribution >= 4 is 11.9 Å². The predicted molar refractivity (Wildman–Crippen MR) is 83.7 cm³/mol. The maximum absolute atomic E-state index is 12.2. The third-order valence-corrected chi connectivity index (χ3v) is 3.26. The molecule has 0 amide bonds.